The van der Waals surface area contributed by atoms with Crippen LogP contribution in [0.5, 0.6) is 28.7 Å². The monoisotopic (exact) mass is 652 g/mol. The summed E-state index contributed by atoms with van der Waals surface area (Å²) in [6, 6.07) is 5.20. The molecule has 2 aliphatic heterocycles. The van der Waals surface area contributed by atoms with Crippen LogP contribution >= 0.6 is 0 Å². The smallest absolute Gasteiger partial charge is 0.303 e. The summed E-state index contributed by atoms with van der Waals surface area (Å²) in [5.41, 5.74) is -1.40. The first-order valence-electron chi connectivity index (χ1n) is 13.9. The van der Waals surface area contributed by atoms with E-state index in [0.29, 0.717) is 0 Å². The van der Waals surface area contributed by atoms with Gasteiger partial charge < -0.3 is 74.1 Å². The van der Waals surface area contributed by atoms with Crippen molar-refractivity contribution in [3.8, 4) is 40.1 Å². The average molecular weight is 653 g/mol. The first-order chi connectivity index (χ1) is 21.7. The molecule has 9 N–H and O–H groups in total. The molecular formula is C29H32O17. The summed E-state index contributed by atoms with van der Waals surface area (Å²) >= 11 is 0. The zero-order chi connectivity index (χ0) is 33.6. The molecule has 0 aliphatic carbocycles. The van der Waals surface area contributed by atoms with Crippen LogP contribution in [0.4, 0.5) is 0 Å². The molecule has 0 radical (unpaired) electrons. The summed E-state index contributed by atoms with van der Waals surface area (Å²) < 4.78 is 33.4. The minimum Gasteiger partial charge on any atom is -0.508 e. The summed E-state index contributed by atoms with van der Waals surface area (Å²) in [7, 11) is 0. The molecule has 46 heavy (non-hydrogen) atoms. The largest absolute Gasteiger partial charge is 0.508 e. The normalized spacial score (nSPS) is 31.5. The third kappa shape index (κ3) is 6.26. The minimum atomic E-state index is -1.92. The number of benzene rings is 2. The molecule has 17 heteroatoms. The van der Waals surface area contributed by atoms with Crippen molar-refractivity contribution in [2.75, 3.05) is 6.61 Å². The molecule has 0 spiro atoms. The molecule has 0 saturated carbocycles. The number of ether oxygens (including phenoxy) is 5. The van der Waals surface area contributed by atoms with Crippen LogP contribution in [0.1, 0.15) is 13.8 Å². The third-order valence-corrected chi connectivity index (χ3v) is 7.57. The number of rotatable bonds is 7. The van der Waals surface area contributed by atoms with Crippen LogP contribution in [0.25, 0.3) is 22.3 Å². The number of fused-ring (bicyclic) bond motifs is 1. The molecule has 2 aromatic carbocycles. The Hall–Kier alpha value is -4.20. The molecule has 5 rings (SSSR count). The fourth-order valence-electron chi connectivity index (χ4n) is 5.14. The standard InChI is InChI=1S/C29H32O17/c1-9-19(35)22(38)24(40)28(42-9)41-8-17-20(36)23(39)27(43-10(2)30)29(45-17)46-26-21(37)18-15(34)6-12(31)7-16(18)44-25(26)11-3-4-13(32)14(33)5-11/h3-7,9,17,19-20,22-24,27-29,31-36,38-40H,8H2,1-2H3/t9-,17+,19+,20-,22-,23-,24+,27+,28+,29-/m0/s1. The van der Waals surface area contributed by atoms with Crippen LogP contribution in [0.15, 0.2) is 39.5 Å². The van der Waals surface area contributed by atoms with Crippen molar-refractivity contribution < 1.29 is 78.9 Å². The lowest BCUT2D eigenvalue weighted by Gasteiger charge is -2.43. The van der Waals surface area contributed by atoms with E-state index in [4.69, 9.17) is 28.1 Å². The lowest BCUT2D eigenvalue weighted by Crippen LogP contribution is -2.62. The van der Waals surface area contributed by atoms with Gasteiger partial charge in [0.25, 0.3) is 0 Å². The summed E-state index contributed by atoms with van der Waals surface area (Å²) in [5, 5.41) is 91.9. The Morgan fingerprint density at radius 3 is 2.22 bits per heavy atom. The van der Waals surface area contributed by atoms with E-state index in [2.05, 4.69) is 0 Å². The van der Waals surface area contributed by atoms with Crippen LogP contribution in [0, 0.1) is 0 Å². The van der Waals surface area contributed by atoms with Crippen molar-refractivity contribution in [2.24, 2.45) is 0 Å². The predicted molar refractivity (Wildman–Crippen MR) is 150 cm³/mol. The maximum atomic E-state index is 13.8. The fourth-order valence-corrected chi connectivity index (χ4v) is 5.14. The third-order valence-electron chi connectivity index (χ3n) is 7.57. The van der Waals surface area contributed by atoms with Crippen molar-refractivity contribution in [1.29, 1.82) is 0 Å². The van der Waals surface area contributed by atoms with Crippen LogP contribution in [-0.2, 0) is 23.7 Å². The minimum absolute atomic E-state index is 0.0502. The average Bonchev–Trinajstić information content (AvgIpc) is 2.99. The highest BCUT2D eigenvalue weighted by molar-refractivity contribution is 5.88. The molecule has 2 aliphatic rings. The van der Waals surface area contributed by atoms with Crippen LogP contribution in [-0.4, -0.2) is 120 Å². The maximum absolute atomic E-state index is 13.8. The van der Waals surface area contributed by atoms with Crippen molar-refractivity contribution in [1.82, 2.24) is 0 Å². The Labute approximate surface area is 258 Å². The number of hydrogen-bond donors (Lipinski definition) is 9. The van der Waals surface area contributed by atoms with Gasteiger partial charge in [-0.2, -0.15) is 0 Å². The van der Waals surface area contributed by atoms with Gasteiger partial charge in [0.15, 0.2) is 29.7 Å². The number of carbonyl (C=O) groups excluding carboxylic acids is 1. The number of aromatic hydroxyl groups is 4. The Balaban J connectivity index is 1.53. The van der Waals surface area contributed by atoms with Crippen molar-refractivity contribution in [3.63, 3.8) is 0 Å². The van der Waals surface area contributed by atoms with Gasteiger partial charge in [0.05, 0.1) is 12.7 Å². The highest BCUT2D eigenvalue weighted by atomic mass is 16.7. The van der Waals surface area contributed by atoms with E-state index in [9.17, 15) is 55.5 Å². The number of aliphatic hydroxyl groups is 5. The second-order valence-corrected chi connectivity index (χ2v) is 10.9. The Kier molecular flexibility index (Phi) is 9.30. The van der Waals surface area contributed by atoms with Gasteiger partial charge in [0.1, 0.15) is 59.1 Å². The number of phenols is 4. The summed E-state index contributed by atoms with van der Waals surface area (Å²) in [4.78, 5) is 25.7. The van der Waals surface area contributed by atoms with E-state index in [1.807, 2.05) is 0 Å². The highest BCUT2D eigenvalue weighted by Crippen LogP contribution is 2.39. The van der Waals surface area contributed by atoms with Crippen LogP contribution in [0.3, 0.4) is 0 Å². The number of aliphatic hydroxyl groups excluding tert-OH is 5. The highest BCUT2D eigenvalue weighted by Gasteiger charge is 2.50. The molecule has 250 valence electrons. The zero-order valence-corrected chi connectivity index (χ0v) is 24.2. The maximum Gasteiger partial charge on any atom is 0.303 e. The summed E-state index contributed by atoms with van der Waals surface area (Å²) in [6.45, 7) is 1.78. The van der Waals surface area contributed by atoms with E-state index in [1.165, 1.54) is 13.0 Å². The number of esters is 1. The second kappa shape index (κ2) is 12.9. The zero-order valence-electron chi connectivity index (χ0n) is 24.2. The molecule has 10 atom stereocenters. The van der Waals surface area contributed by atoms with Gasteiger partial charge in [-0.25, -0.2) is 0 Å². The SMILES string of the molecule is CC(=O)O[C@H]1[C@H](Oc2c(-c3ccc(O)c(O)c3)oc3cc(O)cc(O)c3c2=O)O[C@H](CO[C@@H]2O[C@@H](C)[C@@H](O)[C@H](O)[C@H]2O)[C@H](O)[C@@H]1O. The van der Waals surface area contributed by atoms with Gasteiger partial charge in [-0.15, -0.1) is 0 Å². The molecule has 3 heterocycles. The lowest BCUT2D eigenvalue weighted by molar-refractivity contribution is -0.319. The fraction of sp³-hybridized carbons (Fsp3) is 0.448. The predicted octanol–water partition coefficient (Wildman–Crippen LogP) is -1.12. The number of phenolic OH excluding ortho intramolecular Hbond substituents is 4. The first kappa shape index (κ1) is 33.2. The second-order valence-electron chi connectivity index (χ2n) is 10.9. The van der Waals surface area contributed by atoms with Gasteiger partial charge in [0, 0.05) is 24.6 Å². The van der Waals surface area contributed by atoms with Crippen molar-refractivity contribution >= 4 is 16.9 Å². The molecular weight excluding hydrogens is 620 g/mol. The number of carbonyl (C=O) groups is 1. The van der Waals surface area contributed by atoms with E-state index in [1.54, 1.807) is 0 Å². The molecule has 0 bridgehead atoms. The molecule has 0 unspecified atom stereocenters. The van der Waals surface area contributed by atoms with Crippen LogP contribution < -0.4 is 10.2 Å². The van der Waals surface area contributed by atoms with Crippen LogP contribution in [0.2, 0.25) is 0 Å². The van der Waals surface area contributed by atoms with E-state index in [0.717, 1.165) is 31.2 Å². The molecule has 1 aromatic heterocycles. The number of hydrogen-bond acceptors (Lipinski definition) is 17. The first-order valence-corrected chi connectivity index (χ1v) is 13.9. The topological polar surface area (TPSA) is 275 Å². The Morgan fingerprint density at radius 1 is 0.826 bits per heavy atom. The van der Waals surface area contributed by atoms with E-state index >= 15 is 0 Å². The van der Waals surface area contributed by atoms with Gasteiger partial charge >= 0.3 is 5.97 Å². The molecule has 2 fully saturated rings. The summed E-state index contributed by atoms with van der Waals surface area (Å²) in [5.74, 6) is -4.37. The van der Waals surface area contributed by atoms with Gasteiger partial charge in [-0.3, -0.25) is 9.59 Å². The molecule has 3 aromatic rings. The molecule has 0 amide bonds. The molecule has 2 saturated heterocycles. The molecule has 17 nitrogen and oxygen atoms in total. The quantitative estimate of drug-likeness (QED) is 0.108. The summed E-state index contributed by atoms with van der Waals surface area (Å²) in [6.07, 6.45) is -16.1. The van der Waals surface area contributed by atoms with Gasteiger partial charge in [0.2, 0.25) is 17.5 Å². The van der Waals surface area contributed by atoms with Crippen molar-refractivity contribution in [3.05, 3.63) is 40.6 Å². The van der Waals surface area contributed by atoms with Crippen molar-refractivity contribution in [2.45, 2.75) is 75.3 Å². The van der Waals surface area contributed by atoms with Gasteiger partial charge in [-0.1, -0.05) is 0 Å². The van der Waals surface area contributed by atoms with E-state index < -0.39 is 119 Å². The Morgan fingerprint density at radius 2 is 1.54 bits per heavy atom. The van der Waals surface area contributed by atoms with Gasteiger partial charge in [-0.05, 0) is 25.1 Å². The lowest BCUT2D eigenvalue weighted by atomic mass is 9.98. The Bertz CT molecular complexity index is 1650. The van der Waals surface area contributed by atoms with E-state index in [-0.39, 0.29) is 11.1 Å².